The molecule has 150 valence electrons. The van der Waals surface area contributed by atoms with E-state index < -0.39 is 0 Å². The molecule has 7 heteroatoms. The van der Waals surface area contributed by atoms with Crippen molar-refractivity contribution in [1.29, 1.82) is 0 Å². The van der Waals surface area contributed by atoms with E-state index in [1.165, 1.54) is 11.1 Å². The number of guanidine groups is 1. The van der Waals surface area contributed by atoms with Crippen molar-refractivity contribution in [2.24, 2.45) is 4.99 Å². The predicted molar refractivity (Wildman–Crippen MR) is 127 cm³/mol. The van der Waals surface area contributed by atoms with Crippen LogP contribution in [0.15, 0.2) is 53.5 Å². The molecule has 0 radical (unpaired) electrons. The summed E-state index contributed by atoms with van der Waals surface area (Å²) in [6, 6.07) is 16.2. The maximum absolute atomic E-state index is 5.55. The summed E-state index contributed by atoms with van der Waals surface area (Å²) < 4.78 is 10.9. The van der Waals surface area contributed by atoms with Crippen LogP contribution in [0.4, 0.5) is 5.69 Å². The van der Waals surface area contributed by atoms with Crippen LogP contribution in [0.1, 0.15) is 12.6 Å². The van der Waals surface area contributed by atoms with Crippen LogP contribution in [0.2, 0.25) is 0 Å². The van der Waals surface area contributed by atoms with Gasteiger partial charge in [-0.3, -0.25) is 4.99 Å². The van der Waals surface area contributed by atoms with Crippen molar-refractivity contribution in [2.45, 2.75) is 13.3 Å². The molecule has 1 aromatic heterocycles. The number of anilines is 1. The maximum Gasteiger partial charge on any atom is 0.195 e. The zero-order chi connectivity index (χ0) is 19.1. The van der Waals surface area contributed by atoms with Gasteiger partial charge in [-0.15, -0.1) is 24.0 Å². The van der Waals surface area contributed by atoms with E-state index in [0.717, 1.165) is 29.9 Å². The summed E-state index contributed by atoms with van der Waals surface area (Å²) in [5.74, 6) is 2.13. The highest BCUT2D eigenvalue weighted by atomic mass is 127. The molecule has 28 heavy (non-hydrogen) atoms. The van der Waals surface area contributed by atoms with Crippen LogP contribution in [-0.4, -0.2) is 38.3 Å². The Morgan fingerprint density at radius 3 is 2.64 bits per heavy atom. The van der Waals surface area contributed by atoms with Gasteiger partial charge in [0.05, 0.1) is 13.7 Å². The van der Waals surface area contributed by atoms with Gasteiger partial charge in [-0.05, 0) is 36.6 Å². The van der Waals surface area contributed by atoms with Crippen LogP contribution in [0.5, 0.6) is 11.5 Å². The summed E-state index contributed by atoms with van der Waals surface area (Å²) in [4.78, 5) is 7.72. The number of nitrogens with one attached hydrogen (secondary N) is 3. The highest BCUT2D eigenvalue weighted by Crippen LogP contribution is 2.30. The Morgan fingerprint density at radius 2 is 1.93 bits per heavy atom. The fourth-order valence-electron chi connectivity index (χ4n) is 2.92. The van der Waals surface area contributed by atoms with Crippen molar-refractivity contribution in [3.63, 3.8) is 0 Å². The summed E-state index contributed by atoms with van der Waals surface area (Å²) in [5.41, 5.74) is 3.24. The van der Waals surface area contributed by atoms with Gasteiger partial charge in [0, 0.05) is 43.0 Å². The molecule has 3 rings (SSSR count). The van der Waals surface area contributed by atoms with E-state index in [9.17, 15) is 0 Å². The van der Waals surface area contributed by atoms with Crippen LogP contribution in [0.25, 0.3) is 10.9 Å². The number of aromatic amines is 1. The number of para-hydroxylation sites is 1. The number of aliphatic imine (C=N–C) groups is 1. The van der Waals surface area contributed by atoms with Gasteiger partial charge in [-0.2, -0.15) is 0 Å². The first-order chi connectivity index (χ1) is 13.2. The molecule has 0 aliphatic rings. The number of H-pyrrole nitrogens is 1. The lowest BCUT2D eigenvalue weighted by molar-refractivity contribution is 0.311. The quantitative estimate of drug-likeness (QED) is 0.258. The molecule has 2 aromatic carbocycles. The van der Waals surface area contributed by atoms with Crippen molar-refractivity contribution in [3.8, 4) is 11.5 Å². The number of ether oxygens (including phenoxy) is 2. The first-order valence-electron chi connectivity index (χ1n) is 9.08. The number of benzene rings is 2. The van der Waals surface area contributed by atoms with Gasteiger partial charge in [-0.25, -0.2) is 0 Å². The molecule has 3 N–H and O–H groups in total. The molecular formula is C21H27IN4O2. The van der Waals surface area contributed by atoms with Crippen LogP contribution in [-0.2, 0) is 6.42 Å². The third kappa shape index (κ3) is 5.54. The topological polar surface area (TPSA) is 70.7 Å². The lowest BCUT2D eigenvalue weighted by Crippen LogP contribution is -2.32. The van der Waals surface area contributed by atoms with Gasteiger partial charge >= 0.3 is 0 Å². The molecule has 3 aromatic rings. The summed E-state index contributed by atoms with van der Waals surface area (Å²) in [7, 11) is 3.39. The van der Waals surface area contributed by atoms with E-state index in [0.29, 0.717) is 18.3 Å². The summed E-state index contributed by atoms with van der Waals surface area (Å²) >= 11 is 0. The minimum Gasteiger partial charge on any atom is -0.493 e. The lowest BCUT2D eigenvalue weighted by atomic mass is 10.2. The van der Waals surface area contributed by atoms with Crippen molar-refractivity contribution >= 4 is 46.5 Å². The van der Waals surface area contributed by atoms with E-state index in [-0.39, 0.29) is 24.0 Å². The second kappa shape index (κ2) is 10.8. The van der Waals surface area contributed by atoms with Crippen LogP contribution < -0.4 is 20.1 Å². The average Bonchev–Trinajstić information content (AvgIpc) is 3.11. The number of hydrogen-bond donors (Lipinski definition) is 3. The molecule has 0 atom stereocenters. The number of aromatic nitrogens is 1. The SMILES string of the molecule is CCOc1ccc(NC(=NC)NCCc2cc3ccccc3[nH]2)cc1OC.I. The third-order valence-electron chi connectivity index (χ3n) is 4.22. The van der Waals surface area contributed by atoms with Crippen LogP contribution in [0.3, 0.4) is 0 Å². The summed E-state index contributed by atoms with van der Waals surface area (Å²) in [5, 5.41) is 7.85. The molecule has 0 fully saturated rings. The number of rotatable bonds is 7. The van der Waals surface area contributed by atoms with Gasteiger partial charge < -0.3 is 25.1 Å². The minimum absolute atomic E-state index is 0. The monoisotopic (exact) mass is 494 g/mol. The third-order valence-corrected chi connectivity index (χ3v) is 4.22. The predicted octanol–water partition coefficient (Wildman–Crippen LogP) is 4.42. The van der Waals surface area contributed by atoms with Crippen molar-refractivity contribution in [1.82, 2.24) is 10.3 Å². The Morgan fingerprint density at radius 1 is 1.11 bits per heavy atom. The van der Waals surface area contributed by atoms with Crippen LogP contribution >= 0.6 is 24.0 Å². The Balaban J connectivity index is 0.00000280. The highest BCUT2D eigenvalue weighted by molar-refractivity contribution is 14.0. The molecule has 0 bridgehead atoms. The fourth-order valence-corrected chi connectivity index (χ4v) is 2.92. The highest BCUT2D eigenvalue weighted by Gasteiger charge is 2.07. The van der Waals surface area contributed by atoms with E-state index in [4.69, 9.17) is 9.47 Å². The van der Waals surface area contributed by atoms with Crippen molar-refractivity contribution < 1.29 is 9.47 Å². The molecule has 0 aliphatic carbocycles. The molecule has 0 saturated heterocycles. The van der Waals surface area contributed by atoms with E-state index >= 15 is 0 Å². The van der Waals surface area contributed by atoms with E-state index in [1.54, 1.807) is 14.2 Å². The zero-order valence-corrected chi connectivity index (χ0v) is 18.7. The van der Waals surface area contributed by atoms with Crippen molar-refractivity contribution in [2.75, 3.05) is 32.6 Å². The molecule has 1 heterocycles. The maximum atomic E-state index is 5.55. The van der Waals surface area contributed by atoms with Gasteiger partial charge in [0.2, 0.25) is 0 Å². The smallest absolute Gasteiger partial charge is 0.195 e. The van der Waals surface area contributed by atoms with Gasteiger partial charge in [0.25, 0.3) is 0 Å². The average molecular weight is 494 g/mol. The second-order valence-corrected chi connectivity index (χ2v) is 6.05. The number of hydrogen-bond acceptors (Lipinski definition) is 3. The minimum atomic E-state index is 0. The van der Waals surface area contributed by atoms with Crippen molar-refractivity contribution in [3.05, 3.63) is 54.2 Å². The molecule has 0 spiro atoms. The summed E-state index contributed by atoms with van der Waals surface area (Å²) in [6.07, 6.45) is 0.877. The normalized spacial score (nSPS) is 11.0. The molecule has 0 amide bonds. The number of nitrogens with zero attached hydrogens (tertiary/aromatic N) is 1. The number of halogens is 1. The molecule has 0 saturated carbocycles. The van der Waals surface area contributed by atoms with E-state index in [2.05, 4.69) is 44.9 Å². The second-order valence-electron chi connectivity index (χ2n) is 6.05. The number of methoxy groups -OCH3 is 1. The first kappa shape index (κ1) is 21.9. The largest absolute Gasteiger partial charge is 0.493 e. The zero-order valence-electron chi connectivity index (χ0n) is 16.4. The van der Waals surface area contributed by atoms with Gasteiger partial charge in [0.1, 0.15) is 0 Å². The Hall–Kier alpha value is -2.42. The van der Waals surface area contributed by atoms with Gasteiger partial charge in [0.15, 0.2) is 17.5 Å². The molecule has 6 nitrogen and oxygen atoms in total. The molecular weight excluding hydrogens is 467 g/mol. The van der Waals surface area contributed by atoms with Crippen LogP contribution in [0, 0.1) is 0 Å². The fraction of sp³-hybridized carbons (Fsp3) is 0.286. The number of fused-ring (bicyclic) bond motifs is 1. The van der Waals surface area contributed by atoms with E-state index in [1.807, 2.05) is 31.2 Å². The standard InChI is InChI=1S/C21H26N4O2.HI/c1-4-27-19-10-9-16(14-20(19)26-3)25-21(22-2)23-12-11-17-13-15-7-5-6-8-18(15)24-17;/h5-10,13-14,24H,4,11-12H2,1-3H3,(H2,22,23,25);1H. The molecule has 0 aliphatic heterocycles. The Labute approximate surface area is 182 Å². The Bertz CT molecular complexity index is 891. The first-order valence-corrected chi connectivity index (χ1v) is 9.08. The Kier molecular flexibility index (Phi) is 8.43. The lowest BCUT2D eigenvalue weighted by Gasteiger charge is -2.14. The summed E-state index contributed by atoms with van der Waals surface area (Å²) in [6.45, 7) is 3.31. The van der Waals surface area contributed by atoms with Gasteiger partial charge in [-0.1, -0.05) is 18.2 Å². The molecule has 0 unspecified atom stereocenters.